The van der Waals surface area contributed by atoms with E-state index < -0.39 is 15.9 Å². The topological polar surface area (TPSA) is 121 Å². The summed E-state index contributed by atoms with van der Waals surface area (Å²) in [6, 6.07) is 11.6. The number of carbonyl (C=O) groups excluding carboxylic acids is 1. The second-order valence-electron chi connectivity index (χ2n) is 5.37. The van der Waals surface area contributed by atoms with Gasteiger partial charge in [-0.05, 0) is 42.3 Å². The van der Waals surface area contributed by atoms with Crippen LogP contribution in [0, 0.1) is 0 Å². The van der Waals surface area contributed by atoms with Crippen molar-refractivity contribution in [2.45, 2.75) is 18.2 Å². The third-order valence-electron chi connectivity index (χ3n) is 3.80. The van der Waals surface area contributed by atoms with Crippen molar-refractivity contribution < 1.29 is 13.2 Å². The quantitative estimate of drug-likeness (QED) is 0.741. The molecule has 1 aromatic heterocycles. The van der Waals surface area contributed by atoms with Gasteiger partial charge in [-0.15, -0.1) is 0 Å². The number of sulfonamides is 1. The van der Waals surface area contributed by atoms with Gasteiger partial charge in [0.05, 0.1) is 16.1 Å². The van der Waals surface area contributed by atoms with Crippen LogP contribution in [0.2, 0.25) is 0 Å². The van der Waals surface area contributed by atoms with Gasteiger partial charge in [-0.25, -0.2) is 18.2 Å². The number of primary amides is 1. The second kappa shape index (κ2) is 5.73. The lowest BCUT2D eigenvalue weighted by atomic mass is 10.1. The number of amides is 1. The number of rotatable bonds is 4. The first kappa shape index (κ1) is 16.2. The molecule has 0 spiro atoms. The Labute approximate surface area is 138 Å². The Morgan fingerprint density at radius 2 is 1.83 bits per heavy atom. The Balaban J connectivity index is 2.23. The molecule has 1 amide bonds. The molecule has 2 aromatic carbocycles. The fourth-order valence-corrected chi connectivity index (χ4v) is 3.05. The van der Waals surface area contributed by atoms with E-state index in [-0.39, 0.29) is 10.6 Å². The molecule has 124 valence electrons. The van der Waals surface area contributed by atoms with E-state index in [2.05, 4.69) is 5.10 Å². The molecule has 0 atom stereocenters. The average Bonchev–Trinajstić information content (AvgIpc) is 2.93. The number of benzene rings is 2. The maximum Gasteiger partial charge on any atom is 0.269 e. The van der Waals surface area contributed by atoms with Crippen LogP contribution in [0.4, 0.5) is 0 Å². The Morgan fingerprint density at radius 1 is 1.17 bits per heavy atom. The lowest BCUT2D eigenvalue weighted by Gasteiger charge is -2.05. The van der Waals surface area contributed by atoms with Crippen LogP contribution >= 0.6 is 0 Å². The van der Waals surface area contributed by atoms with Gasteiger partial charge in [0, 0.05) is 5.39 Å². The monoisotopic (exact) mass is 344 g/mol. The maximum atomic E-state index is 11.7. The number of hydrogen-bond donors (Lipinski definition) is 2. The van der Waals surface area contributed by atoms with Crippen LogP contribution in [0.15, 0.2) is 47.4 Å². The second-order valence-corrected chi connectivity index (χ2v) is 6.93. The first-order valence-electron chi connectivity index (χ1n) is 7.26. The van der Waals surface area contributed by atoms with Crippen molar-refractivity contribution >= 4 is 26.8 Å². The first-order chi connectivity index (χ1) is 11.3. The van der Waals surface area contributed by atoms with E-state index in [0.717, 1.165) is 17.5 Å². The average molecular weight is 344 g/mol. The summed E-state index contributed by atoms with van der Waals surface area (Å²) in [5.41, 5.74) is 8.00. The predicted octanol–water partition coefficient (Wildman–Crippen LogP) is 1.33. The summed E-state index contributed by atoms with van der Waals surface area (Å²) in [7, 11) is -3.77. The van der Waals surface area contributed by atoms with E-state index in [1.807, 2.05) is 25.1 Å². The van der Waals surface area contributed by atoms with Crippen molar-refractivity contribution in [1.82, 2.24) is 9.78 Å². The van der Waals surface area contributed by atoms with Crippen LogP contribution in [0.3, 0.4) is 0 Å². The standard InChI is InChI=1S/C16H16N4O3S/c1-2-10-3-8-13-14(9-10)20(19-15(13)16(17)21)11-4-6-12(7-5-11)24(18,22)23/h3-9H,2H2,1H3,(H2,17,21)(H2,18,22,23). The molecule has 3 rings (SSSR count). The highest BCUT2D eigenvalue weighted by atomic mass is 32.2. The van der Waals surface area contributed by atoms with Crippen molar-refractivity contribution in [3.05, 3.63) is 53.7 Å². The molecule has 0 saturated heterocycles. The lowest BCUT2D eigenvalue weighted by Crippen LogP contribution is -2.13. The van der Waals surface area contributed by atoms with E-state index in [1.54, 1.807) is 16.8 Å². The molecule has 0 saturated carbocycles. The zero-order valence-corrected chi connectivity index (χ0v) is 13.7. The molecular weight excluding hydrogens is 328 g/mol. The van der Waals surface area contributed by atoms with Gasteiger partial charge in [0.25, 0.3) is 5.91 Å². The fourth-order valence-electron chi connectivity index (χ4n) is 2.54. The highest BCUT2D eigenvalue weighted by Crippen LogP contribution is 2.24. The molecule has 0 radical (unpaired) electrons. The number of hydrogen-bond acceptors (Lipinski definition) is 4. The Hall–Kier alpha value is -2.71. The zero-order valence-electron chi connectivity index (χ0n) is 12.9. The number of primary sulfonamides is 1. The number of nitrogens with two attached hydrogens (primary N) is 2. The Bertz CT molecular complexity index is 1040. The minimum atomic E-state index is -3.77. The summed E-state index contributed by atoms with van der Waals surface area (Å²) in [5.74, 6) is -0.621. The summed E-state index contributed by atoms with van der Waals surface area (Å²) < 4.78 is 24.3. The number of fused-ring (bicyclic) bond motifs is 1. The predicted molar refractivity (Wildman–Crippen MR) is 90.3 cm³/mol. The van der Waals surface area contributed by atoms with Crippen molar-refractivity contribution in [3.63, 3.8) is 0 Å². The summed E-state index contributed by atoms with van der Waals surface area (Å²) in [6.45, 7) is 2.03. The number of carbonyl (C=O) groups is 1. The van der Waals surface area contributed by atoms with Crippen molar-refractivity contribution in [2.75, 3.05) is 0 Å². The largest absolute Gasteiger partial charge is 0.364 e. The van der Waals surface area contributed by atoms with Gasteiger partial charge >= 0.3 is 0 Å². The van der Waals surface area contributed by atoms with E-state index in [1.165, 1.54) is 12.1 Å². The van der Waals surface area contributed by atoms with Crippen LogP contribution in [-0.2, 0) is 16.4 Å². The van der Waals surface area contributed by atoms with Crippen molar-refractivity contribution in [2.24, 2.45) is 10.9 Å². The summed E-state index contributed by atoms with van der Waals surface area (Å²) in [6.07, 6.45) is 0.831. The van der Waals surface area contributed by atoms with Gasteiger partial charge in [0.15, 0.2) is 5.69 Å². The molecule has 8 heteroatoms. The first-order valence-corrected chi connectivity index (χ1v) is 8.80. The normalized spacial score (nSPS) is 11.8. The van der Waals surface area contributed by atoms with Crippen LogP contribution in [-0.4, -0.2) is 24.1 Å². The summed E-state index contributed by atoms with van der Waals surface area (Å²) in [5, 5.41) is 10.0. The molecule has 3 aromatic rings. The minimum absolute atomic E-state index is 0.00656. The Kier molecular flexibility index (Phi) is 3.86. The molecule has 0 fully saturated rings. The smallest absolute Gasteiger partial charge is 0.269 e. The van der Waals surface area contributed by atoms with Crippen LogP contribution in [0.1, 0.15) is 23.0 Å². The van der Waals surface area contributed by atoms with Crippen LogP contribution in [0.5, 0.6) is 0 Å². The molecule has 0 aliphatic rings. The van der Waals surface area contributed by atoms with E-state index in [9.17, 15) is 13.2 Å². The van der Waals surface area contributed by atoms with Gasteiger partial charge in [-0.2, -0.15) is 5.10 Å². The molecule has 0 aliphatic heterocycles. The third-order valence-corrected chi connectivity index (χ3v) is 4.73. The summed E-state index contributed by atoms with van der Waals surface area (Å²) >= 11 is 0. The minimum Gasteiger partial charge on any atom is -0.364 e. The molecule has 0 aliphatic carbocycles. The third kappa shape index (κ3) is 2.77. The fraction of sp³-hybridized carbons (Fsp3) is 0.125. The van der Waals surface area contributed by atoms with Gasteiger partial charge in [0.1, 0.15) is 0 Å². The van der Waals surface area contributed by atoms with Crippen molar-refractivity contribution in [1.29, 1.82) is 0 Å². The van der Waals surface area contributed by atoms with Crippen molar-refractivity contribution in [3.8, 4) is 5.69 Å². The number of nitrogens with zero attached hydrogens (tertiary/aromatic N) is 2. The molecule has 4 N–H and O–H groups in total. The van der Waals surface area contributed by atoms with E-state index in [0.29, 0.717) is 11.1 Å². The molecule has 24 heavy (non-hydrogen) atoms. The highest BCUT2D eigenvalue weighted by molar-refractivity contribution is 7.89. The maximum absolute atomic E-state index is 11.7. The lowest BCUT2D eigenvalue weighted by molar-refractivity contribution is 0.0996. The molecule has 0 bridgehead atoms. The molecule has 0 unspecified atom stereocenters. The number of aromatic nitrogens is 2. The summed E-state index contributed by atoms with van der Waals surface area (Å²) in [4.78, 5) is 11.7. The van der Waals surface area contributed by atoms with Gasteiger partial charge in [-0.1, -0.05) is 19.1 Å². The highest BCUT2D eigenvalue weighted by Gasteiger charge is 2.16. The van der Waals surface area contributed by atoms with Gasteiger partial charge in [-0.3, -0.25) is 4.79 Å². The Morgan fingerprint density at radius 3 is 2.38 bits per heavy atom. The van der Waals surface area contributed by atoms with Crippen LogP contribution in [0.25, 0.3) is 16.6 Å². The van der Waals surface area contributed by atoms with E-state index >= 15 is 0 Å². The number of aryl methyl sites for hydroxylation is 1. The van der Waals surface area contributed by atoms with Gasteiger partial charge < -0.3 is 5.73 Å². The zero-order chi connectivity index (χ0) is 17.5. The SMILES string of the molecule is CCc1ccc2c(C(N)=O)nn(-c3ccc(S(N)(=O)=O)cc3)c2c1. The molecule has 7 nitrogen and oxygen atoms in total. The molecular formula is C16H16N4O3S. The molecule has 1 heterocycles. The van der Waals surface area contributed by atoms with Gasteiger partial charge in [0.2, 0.25) is 10.0 Å². The van der Waals surface area contributed by atoms with E-state index in [4.69, 9.17) is 10.9 Å². The van der Waals surface area contributed by atoms with Crippen LogP contribution < -0.4 is 10.9 Å².